The molecule has 1 aliphatic rings. The lowest BCUT2D eigenvalue weighted by Crippen LogP contribution is -2.53. The predicted octanol–water partition coefficient (Wildman–Crippen LogP) is 1.85. The summed E-state index contributed by atoms with van der Waals surface area (Å²) >= 11 is 0. The molecule has 0 unspecified atom stereocenters. The van der Waals surface area contributed by atoms with Crippen molar-refractivity contribution in [3.8, 4) is 0 Å². The van der Waals surface area contributed by atoms with E-state index in [0.717, 1.165) is 17.1 Å². The van der Waals surface area contributed by atoms with Crippen molar-refractivity contribution in [3.63, 3.8) is 0 Å². The number of nitrogens with two attached hydrogens (primary N) is 1. The summed E-state index contributed by atoms with van der Waals surface area (Å²) in [4.78, 5) is 16.0. The third-order valence-corrected chi connectivity index (χ3v) is 3.30. The number of anilines is 3. The molecule has 2 N–H and O–H groups in total. The van der Waals surface area contributed by atoms with E-state index in [-0.39, 0.29) is 18.0 Å². The zero-order valence-corrected chi connectivity index (χ0v) is 10.8. The highest BCUT2D eigenvalue weighted by Gasteiger charge is 2.34. The Labute approximate surface area is 102 Å². The van der Waals surface area contributed by atoms with Crippen molar-refractivity contribution in [2.45, 2.75) is 32.9 Å². The number of hydrogen-bond acceptors (Lipinski definition) is 3. The SMILES string of the molecule is CC(C)N1c2cc(N)ccc2N(C)C(=O)[C@H]1C. The van der Waals surface area contributed by atoms with Gasteiger partial charge in [-0.15, -0.1) is 0 Å². The van der Waals surface area contributed by atoms with Gasteiger partial charge in [0.05, 0.1) is 11.4 Å². The third kappa shape index (κ3) is 1.73. The molecule has 0 saturated heterocycles. The van der Waals surface area contributed by atoms with Crippen LogP contribution in [0.1, 0.15) is 20.8 Å². The van der Waals surface area contributed by atoms with Gasteiger partial charge in [0.25, 0.3) is 0 Å². The molecule has 4 nitrogen and oxygen atoms in total. The van der Waals surface area contributed by atoms with Crippen molar-refractivity contribution in [2.75, 3.05) is 22.6 Å². The summed E-state index contributed by atoms with van der Waals surface area (Å²) in [6, 6.07) is 5.80. The van der Waals surface area contributed by atoms with E-state index in [2.05, 4.69) is 18.7 Å². The molecule has 4 heteroatoms. The van der Waals surface area contributed by atoms with Crippen LogP contribution in [0.5, 0.6) is 0 Å². The molecule has 1 amide bonds. The fourth-order valence-corrected chi connectivity index (χ4v) is 2.48. The molecule has 1 aromatic carbocycles. The van der Waals surface area contributed by atoms with Crippen LogP contribution in [0.25, 0.3) is 0 Å². The molecule has 0 aliphatic carbocycles. The van der Waals surface area contributed by atoms with E-state index in [1.807, 2.05) is 32.2 Å². The Bertz CT molecular complexity index is 456. The largest absolute Gasteiger partial charge is 0.399 e. The van der Waals surface area contributed by atoms with E-state index < -0.39 is 0 Å². The summed E-state index contributed by atoms with van der Waals surface area (Å²) in [5, 5.41) is 0. The molecular formula is C13H19N3O. The van der Waals surface area contributed by atoms with E-state index >= 15 is 0 Å². The number of nitrogen functional groups attached to an aromatic ring is 1. The second kappa shape index (κ2) is 3.95. The average Bonchev–Trinajstić information content (AvgIpc) is 2.25. The van der Waals surface area contributed by atoms with Gasteiger partial charge >= 0.3 is 0 Å². The maximum atomic E-state index is 12.1. The second-order valence-electron chi connectivity index (χ2n) is 4.82. The molecule has 17 heavy (non-hydrogen) atoms. The van der Waals surface area contributed by atoms with Crippen LogP contribution in [0.4, 0.5) is 17.1 Å². The molecule has 1 aromatic rings. The Hall–Kier alpha value is -1.71. The highest BCUT2D eigenvalue weighted by atomic mass is 16.2. The summed E-state index contributed by atoms with van der Waals surface area (Å²) in [6.07, 6.45) is 0. The van der Waals surface area contributed by atoms with Gasteiger partial charge in [0.1, 0.15) is 6.04 Å². The van der Waals surface area contributed by atoms with E-state index in [0.29, 0.717) is 0 Å². The highest BCUT2D eigenvalue weighted by Crippen LogP contribution is 2.37. The lowest BCUT2D eigenvalue weighted by molar-refractivity contribution is -0.119. The number of amides is 1. The number of likely N-dealkylation sites (N-methyl/N-ethyl adjacent to an activating group) is 1. The van der Waals surface area contributed by atoms with Gasteiger partial charge in [-0.25, -0.2) is 0 Å². The molecule has 0 bridgehead atoms. The average molecular weight is 233 g/mol. The molecule has 0 radical (unpaired) electrons. The maximum absolute atomic E-state index is 12.1. The fourth-order valence-electron chi connectivity index (χ4n) is 2.48. The number of hydrogen-bond donors (Lipinski definition) is 1. The number of benzene rings is 1. The normalized spacial score (nSPS) is 19.8. The van der Waals surface area contributed by atoms with Gasteiger partial charge in [-0.1, -0.05) is 0 Å². The van der Waals surface area contributed by atoms with Gasteiger partial charge in [-0.3, -0.25) is 4.79 Å². The van der Waals surface area contributed by atoms with Crippen LogP contribution in [0, 0.1) is 0 Å². The van der Waals surface area contributed by atoms with Crippen LogP contribution in [0.15, 0.2) is 18.2 Å². The first-order chi connectivity index (χ1) is 7.93. The molecule has 1 atom stereocenters. The number of fused-ring (bicyclic) bond motifs is 1. The Morgan fingerprint density at radius 3 is 2.53 bits per heavy atom. The number of carbonyl (C=O) groups is 1. The minimum absolute atomic E-state index is 0.121. The van der Waals surface area contributed by atoms with Gasteiger partial charge in [0.15, 0.2) is 0 Å². The quantitative estimate of drug-likeness (QED) is 0.753. The van der Waals surface area contributed by atoms with Crippen molar-refractivity contribution >= 4 is 23.0 Å². The van der Waals surface area contributed by atoms with E-state index in [1.54, 1.807) is 4.90 Å². The molecule has 92 valence electrons. The molecular weight excluding hydrogens is 214 g/mol. The van der Waals surface area contributed by atoms with Crippen molar-refractivity contribution < 1.29 is 4.79 Å². The maximum Gasteiger partial charge on any atom is 0.249 e. The van der Waals surface area contributed by atoms with Gasteiger partial charge < -0.3 is 15.5 Å². The van der Waals surface area contributed by atoms with Gasteiger partial charge in [0, 0.05) is 18.8 Å². The number of carbonyl (C=O) groups excluding carboxylic acids is 1. The molecule has 2 rings (SSSR count). The Kier molecular flexibility index (Phi) is 2.73. The first-order valence-corrected chi connectivity index (χ1v) is 5.89. The smallest absolute Gasteiger partial charge is 0.249 e. The van der Waals surface area contributed by atoms with Gasteiger partial charge in [-0.05, 0) is 39.0 Å². The van der Waals surface area contributed by atoms with E-state index in [4.69, 9.17) is 5.73 Å². The van der Waals surface area contributed by atoms with E-state index in [1.165, 1.54) is 0 Å². The third-order valence-electron chi connectivity index (χ3n) is 3.30. The molecule has 0 aromatic heterocycles. The number of rotatable bonds is 1. The topological polar surface area (TPSA) is 49.6 Å². The van der Waals surface area contributed by atoms with Crippen LogP contribution in [0.2, 0.25) is 0 Å². The molecule has 0 saturated carbocycles. The first kappa shape index (κ1) is 11.8. The standard InChI is InChI=1S/C13H19N3O/c1-8(2)16-9(3)13(17)15(4)11-6-5-10(14)7-12(11)16/h5-9H,14H2,1-4H3/t9-/m1/s1. The Morgan fingerprint density at radius 2 is 1.94 bits per heavy atom. The Morgan fingerprint density at radius 1 is 1.29 bits per heavy atom. The molecule has 1 heterocycles. The molecule has 1 aliphatic heterocycles. The zero-order valence-electron chi connectivity index (χ0n) is 10.8. The summed E-state index contributed by atoms with van der Waals surface area (Å²) in [5.41, 5.74) is 8.53. The highest BCUT2D eigenvalue weighted by molar-refractivity contribution is 6.05. The molecule has 0 fully saturated rings. The van der Waals surface area contributed by atoms with Crippen LogP contribution < -0.4 is 15.5 Å². The molecule has 0 spiro atoms. The monoisotopic (exact) mass is 233 g/mol. The second-order valence-corrected chi connectivity index (χ2v) is 4.82. The lowest BCUT2D eigenvalue weighted by atomic mass is 10.0. The van der Waals surface area contributed by atoms with E-state index in [9.17, 15) is 4.79 Å². The van der Waals surface area contributed by atoms with Crippen LogP contribution in [0.3, 0.4) is 0 Å². The summed E-state index contributed by atoms with van der Waals surface area (Å²) in [7, 11) is 1.81. The van der Waals surface area contributed by atoms with Crippen molar-refractivity contribution in [2.24, 2.45) is 0 Å². The van der Waals surface area contributed by atoms with Crippen molar-refractivity contribution in [1.82, 2.24) is 0 Å². The summed E-state index contributed by atoms with van der Waals surface area (Å²) < 4.78 is 0. The van der Waals surface area contributed by atoms with Crippen LogP contribution in [-0.4, -0.2) is 25.0 Å². The first-order valence-electron chi connectivity index (χ1n) is 5.89. The van der Waals surface area contributed by atoms with Crippen molar-refractivity contribution in [1.29, 1.82) is 0 Å². The number of nitrogens with zero attached hydrogens (tertiary/aromatic N) is 2. The minimum Gasteiger partial charge on any atom is -0.399 e. The van der Waals surface area contributed by atoms with Gasteiger partial charge in [-0.2, -0.15) is 0 Å². The summed E-state index contributed by atoms with van der Waals surface area (Å²) in [5.74, 6) is 0.121. The summed E-state index contributed by atoms with van der Waals surface area (Å²) in [6.45, 7) is 6.11. The predicted molar refractivity (Wildman–Crippen MR) is 71.3 cm³/mol. The van der Waals surface area contributed by atoms with Crippen LogP contribution >= 0.6 is 0 Å². The Balaban J connectivity index is 2.60. The van der Waals surface area contributed by atoms with Gasteiger partial charge in [0.2, 0.25) is 5.91 Å². The lowest BCUT2D eigenvalue weighted by Gasteiger charge is -2.42. The van der Waals surface area contributed by atoms with Crippen molar-refractivity contribution in [3.05, 3.63) is 18.2 Å². The minimum atomic E-state index is -0.144. The van der Waals surface area contributed by atoms with Crippen LogP contribution in [-0.2, 0) is 4.79 Å². The fraction of sp³-hybridized carbons (Fsp3) is 0.462. The zero-order chi connectivity index (χ0) is 12.7.